The van der Waals surface area contributed by atoms with E-state index in [9.17, 15) is 20.1 Å². The fourth-order valence-corrected chi connectivity index (χ4v) is 2.10. The van der Waals surface area contributed by atoms with Crippen LogP contribution < -0.4 is 0 Å². The quantitative estimate of drug-likeness (QED) is 0.391. The first-order chi connectivity index (χ1) is 10.5. The van der Waals surface area contributed by atoms with Crippen LogP contribution in [0.3, 0.4) is 0 Å². The lowest BCUT2D eigenvalue weighted by atomic mass is 10.1. The number of carbonyl (C=O) groups excluding carboxylic acids is 1. The molecule has 3 N–H and O–H groups in total. The van der Waals surface area contributed by atoms with Crippen LogP contribution in [0.1, 0.15) is 15.9 Å². The van der Waals surface area contributed by atoms with Crippen LogP contribution in [0.4, 0.5) is 0 Å². The van der Waals surface area contributed by atoms with Gasteiger partial charge in [-0.15, -0.1) is 0 Å². The van der Waals surface area contributed by atoms with E-state index in [2.05, 4.69) is 0 Å². The van der Waals surface area contributed by atoms with Gasteiger partial charge in [0.1, 0.15) is 11.3 Å². The highest BCUT2D eigenvalue weighted by atomic mass is 16.3. The Hall–Kier alpha value is -3.21. The third-order valence-electron chi connectivity index (χ3n) is 3.26. The van der Waals surface area contributed by atoms with Crippen molar-refractivity contribution >= 4 is 22.8 Å². The maximum absolute atomic E-state index is 12.2. The third kappa shape index (κ3) is 2.52. The van der Waals surface area contributed by atoms with Crippen LogP contribution in [-0.4, -0.2) is 21.1 Å². The average molecular weight is 296 g/mol. The number of benzene rings is 2. The smallest absolute Gasteiger partial charge is 0.189 e. The van der Waals surface area contributed by atoms with Gasteiger partial charge in [0.15, 0.2) is 17.3 Å². The van der Waals surface area contributed by atoms with E-state index in [1.165, 1.54) is 36.6 Å². The summed E-state index contributed by atoms with van der Waals surface area (Å²) in [6, 6.07) is 8.86. The Morgan fingerprint density at radius 2 is 1.77 bits per heavy atom. The maximum Gasteiger partial charge on any atom is 0.189 e. The lowest BCUT2D eigenvalue weighted by Crippen LogP contribution is -1.94. The van der Waals surface area contributed by atoms with Gasteiger partial charge < -0.3 is 19.7 Å². The Balaban J connectivity index is 1.90. The number of allylic oxidation sites excluding steroid dienone is 1. The summed E-state index contributed by atoms with van der Waals surface area (Å²) >= 11 is 0. The van der Waals surface area contributed by atoms with Crippen molar-refractivity contribution in [3.63, 3.8) is 0 Å². The number of carbonyl (C=O) groups is 1. The Labute approximate surface area is 125 Å². The molecule has 0 bridgehead atoms. The second kappa shape index (κ2) is 5.29. The molecule has 0 saturated heterocycles. The predicted molar refractivity (Wildman–Crippen MR) is 81.0 cm³/mol. The van der Waals surface area contributed by atoms with Crippen LogP contribution in [-0.2, 0) is 0 Å². The van der Waals surface area contributed by atoms with Gasteiger partial charge in [-0.1, -0.05) is 12.1 Å². The van der Waals surface area contributed by atoms with Crippen LogP contribution in [0, 0.1) is 0 Å². The molecule has 5 nitrogen and oxygen atoms in total. The molecule has 3 rings (SSSR count). The third-order valence-corrected chi connectivity index (χ3v) is 3.26. The largest absolute Gasteiger partial charge is 0.507 e. The van der Waals surface area contributed by atoms with Crippen molar-refractivity contribution in [1.82, 2.24) is 0 Å². The van der Waals surface area contributed by atoms with Crippen molar-refractivity contribution in [2.45, 2.75) is 0 Å². The molecule has 0 aliphatic rings. The first kappa shape index (κ1) is 13.8. The normalized spacial score (nSPS) is 11.3. The zero-order valence-electron chi connectivity index (χ0n) is 11.4. The topological polar surface area (TPSA) is 90.9 Å². The first-order valence-corrected chi connectivity index (χ1v) is 6.49. The number of hydrogen-bond donors (Lipinski definition) is 3. The van der Waals surface area contributed by atoms with Crippen LogP contribution in [0.15, 0.2) is 53.2 Å². The Kier molecular flexibility index (Phi) is 3.31. The molecule has 0 saturated carbocycles. The first-order valence-electron chi connectivity index (χ1n) is 6.49. The highest BCUT2D eigenvalue weighted by Gasteiger charge is 2.11. The summed E-state index contributed by atoms with van der Waals surface area (Å²) < 4.78 is 5.15. The molecule has 1 heterocycles. The summed E-state index contributed by atoms with van der Waals surface area (Å²) in [5.41, 5.74) is 1.21. The van der Waals surface area contributed by atoms with Gasteiger partial charge >= 0.3 is 0 Å². The summed E-state index contributed by atoms with van der Waals surface area (Å²) in [7, 11) is 0. The number of furan rings is 1. The summed E-state index contributed by atoms with van der Waals surface area (Å²) in [6.45, 7) is 0. The molecule has 1 aromatic heterocycles. The standard InChI is InChI=1S/C17H12O5/c18-13(3-1-10-2-4-14(19)16(21)7-10)12-8-11-5-6-22-17(11)9-15(12)20/h1-9,19-21H/b3-1+. The van der Waals surface area contributed by atoms with E-state index >= 15 is 0 Å². The molecule has 0 unspecified atom stereocenters. The number of ketones is 1. The molecular weight excluding hydrogens is 284 g/mol. The molecule has 110 valence electrons. The fourth-order valence-electron chi connectivity index (χ4n) is 2.10. The van der Waals surface area contributed by atoms with Crippen molar-refractivity contribution in [2.75, 3.05) is 0 Å². The number of phenolic OH excluding ortho intramolecular Hbond substituents is 3. The molecule has 0 fully saturated rings. The number of phenols is 3. The highest BCUT2D eigenvalue weighted by molar-refractivity contribution is 6.10. The van der Waals surface area contributed by atoms with Crippen molar-refractivity contribution in [2.24, 2.45) is 0 Å². The lowest BCUT2D eigenvalue weighted by molar-refractivity contribution is 0.104. The van der Waals surface area contributed by atoms with Gasteiger partial charge in [0.05, 0.1) is 11.8 Å². The van der Waals surface area contributed by atoms with E-state index in [4.69, 9.17) is 4.42 Å². The van der Waals surface area contributed by atoms with Gasteiger partial charge in [0, 0.05) is 11.5 Å². The molecule has 2 aromatic carbocycles. The van der Waals surface area contributed by atoms with Crippen molar-refractivity contribution in [1.29, 1.82) is 0 Å². The van der Waals surface area contributed by atoms with Gasteiger partial charge in [-0.2, -0.15) is 0 Å². The van der Waals surface area contributed by atoms with E-state index < -0.39 is 0 Å². The number of fused-ring (bicyclic) bond motifs is 1. The molecule has 0 aliphatic heterocycles. The maximum atomic E-state index is 12.2. The lowest BCUT2D eigenvalue weighted by Gasteiger charge is -2.01. The minimum Gasteiger partial charge on any atom is -0.507 e. The molecule has 0 radical (unpaired) electrons. The molecule has 0 spiro atoms. The summed E-state index contributed by atoms with van der Waals surface area (Å²) in [5, 5.41) is 29.2. The van der Waals surface area contributed by atoms with Crippen molar-refractivity contribution < 1.29 is 24.5 Å². The van der Waals surface area contributed by atoms with Gasteiger partial charge in [0.25, 0.3) is 0 Å². The van der Waals surface area contributed by atoms with Gasteiger partial charge in [-0.25, -0.2) is 0 Å². The molecule has 22 heavy (non-hydrogen) atoms. The van der Waals surface area contributed by atoms with E-state index in [0.29, 0.717) is 11.1 Å². The van der Waals surface area contributed by atoms with Gasteiger partial charge in [-0.3, -0.25) is 4.79 Å². The Morgan fingerprint density at radius 3 is 2.55 bits per heavy atom. The molecule has 0 aliphatic carbocycles. The predicted octanol–water partition coefficient (Wildman–Crippen LogP) is 3.45. The van der Waals surface area contributed by atoms with Gasteiger partial charge in [0.2, 0.25) is 0 Å². The number of rotatable bonds is 3. The Morgan fingerprint density at radius 1 is 0.955 bits per heavy atom. The fraction of sp³-hybridized carbons (Fsp3) is 0. The van der Waals surface area contributed by atoms with Crippen LogP contribution in [0.2, 0.25) is 0 Å². The van der Waals surface area contributed by atoms with E-state index in [-0.39, 0.29) is 28.6 Å². The SMILES string of the molecule is O=C(/C=C/c1ccc(O)c(O)c1)c1cc2ccoc2cc1O. The summed E-state index contributed by atoms with van der Waals surface area (Å²) in [4.78, 5) is 12.2. The van der Waals surface area contributed by atoms with E-state index in [1.807, 2.05) is 0 Å². The molecule has 0 atom stereocenters. The van der Waals surface area contributed by atoms with Crippen LogP contribution in [0.25, 0.3) is 17.0 Å². The average Bonchev–Trinajstić information content (AvgIpc) is 2.94. The number of hydrogen-bond acceptors (Lipinski definition) is 5. The minimum atomic E-state index is -0.381. The zero-order chi connectivity index (χ0) is 15.7. The zero-order valence-corrected chi connectivity index (χ0v) is 11.4. The highest BCUT2D eigenvalue weighted by Crippen LogP contribution is 2.27. The second-order valence-corrected chi connectivity index (χ2v) is 4.77. The van der Waals surface area contributed by atoms with E-state index in [1.54, 1.807) is 18.2 Å². The molecule has 0 amide bonds. The minimum absolute atomic E-state index is 0.160. The monoisotopic (exact) mass is 296 g/mol. The second-order valence-electron chi connectivity index (χ2n) is 4.77. The number of aromatic hydroxyl groups is 3. The molecule has 5 heteroatoms. The van der Waals surface area contributed by atoms with Crippen LogP contribution in [0.5, 0.6) is 17.2 Å². The van der Waals surface area contributed by atoms with Gasteiger partial charge in [-0.05, 0) is 35.9 Å². The molecule has 3 aromatic rings. The Bertz CT molecular complexity index is 889. The van der Waals surface area contributed by atoms with Crippen molar-refractivity contribution in [3.8, 4) is 17.2 Å². The summed E-state index contributed by atoms with van der Waals surface area (Å²) in [5.74, 6) is -1.04. The van der Waals surface area contributed by atoms with E-state index in [0.717, 1.165) is 5.39 Å². The van der Waals surface area contributed by atoms with Crippen molar-refractivity contribution in [3.05, 3.63) is 59.9 Å². The summed E-state index contributed by atoms with van der Waals surface area (Å²) in [6.07, 6.45) is 4.25. The van der Waals surface area contributed by atoms with Crippen LogP contribution >= 0.6 is 0 Å². The molecular formula is C17H12O5.